The first-order chi connectivity index (χ1) is 12.4. The highest BCUT2D eigenvalue weighted by atomic mass is 16.2. The van der Waals surface area contributed by atoms with E-state index in [1.165, 1.54) is 0 Å². The van der Waals surface area contributed by atoms with Crippen LogP contribution in [0, 0.1) is 6.85 Å². The number of nitrogen functional groups attached to an aromatic ring is 1. The van der Waals surface area contributed by atoms with Crippen LogP contribution in [0.2, 0.25) is 0 Å². The summed E-state index contributed by atoms with van der Waals surface area (Å²) in [5, 5.41) is -0.268. The Morgan fingerprint density at radius 1 is 1.52 bits per heavy atom. The van der Waals surface area contributed by atoms with Crippen LogP contribution in [0.15, 0.2) is 22.9 Å². The monoisotopic (exact) mass is 291 g/mol. The fourth-order valence-electron chi connectivity index (χ4n) is 2.43. The number of anilines is 1. The Morgan fingerprint density at radius 2 is 2.33 bits per heavy atom. The van der Waals surface area contributed by atoms with Crippen LogP contribution in [0.4, 0.5) is 5.69 Å². The van der Waals surface area contributed by atoms with Gasteiger partial charge in [-0.15, -0.1) is 0 Å². The van der Waals surface area contributed by atoms with Crippen molar-refractivity contribution in [2.45, 2.75) is 32.1 Å². The number of fused-ring (bicyclic) bond motifs is 1. The van der Waals surface area contributed by atoms with E-state index in [9.17, 15) is 14.4 Å². The Balaban J connectivity index is 2.40. The van der Waals surface area contributed by atoms with Crippen molar-refractivity contribution >= 4 is 28.2 Å². The summed E-state index contributed by atoms with van der Waals surface area (Å²) in [6, 6.07) is -1.02. The van der Waals surface area contributed by atoms with Crippen molar-refractivity contribution in [1.82, 2.24) is 9.55 Å². The van der Waals surface area contributed by atoms with Crippen molar-refractivity contribution in [3.63, 3.8) is 0 Å². The Hall–Kier alpha value is -2.50. The molecule has 1 heterocycles. The number of aryl methyl sites for hydroxylation is 1. The molecule has 1 saturated carbocycles. The van der Waals surface area contributed by atoms with E-state index in [2.05, 4.69) is 4.98 Å². The van der Waals surface area contributed by atoms with Gasteiger partial charge in [0, 0.05) is 17.6 Å². The summed E-state index contributed by atoms with van der Waals surface area (Å²) in [6.07, 6.45) is -2.19. The molecule has 0 amide bonds. The number of rotatable bonds is 1. The molecule has 2 aromatic rings. The van der Waals surface area contributed by atoms with Gasteiger partial charge >= 0.3 is 0 Å². The summed E-state index contributed by atoms with van der Waals surface area (Å²) < 4.78 is 46.9. The number of ketones is 2. The van der Waals surface area contributed by atoms with Gasteiger partial charge in [-0.25, -0.2) is 4.98 Å². The lowest BCUT2D eigenvalue weighted by Gasteiger charge is -2.24. The van der Waals surface area contributed by atoms with Crippen molar-refractivity contribution in [1.29, 1.82) is 0 Å². The van der Waals surface area contributed by atoms with Crippen molar-refractivity contribution in [3.8, 4) is 0 Å². The summed E-state index contributed by atoms with van der Waals surface area (Å²) in [6.45, 7) is -2.87. The van der Waals surface area contributed by atoms with E-state index in [-0.39, 0.29) is 29.1 Å². The zero-order valence-corrected chi connectivity index (χ0v) is 10.8. The van der Waals surface area contributed by atoms with E-state index < -0.39 is 54.7 Å². The predicted octanol–water partition coefficient (Wildman–Crippen LogP) is 1.15. The molecular formula is C15H15N3O3. The number of carbonyl (C=O) groups is 2. The molecule has 1 aromatic carbocycles. The minimum Gasteiger partial charge on any atom is -0.398 e. The van der Waals surface area contributed by atoms with Crippen LogP contribution < -0.4 is 11.3 Å². The molecular weight excluding hydrogens is 270 g/mol. The van der Waals surface area contributed by atoms with Gasteiger partial charge in [0.2, 0.25) is 0 Å². The van der Waals surface area contributed by atoms with Crippen LogP contribution in [-0.2, 0) is 9.59 Å². The van der Waals surface area contributed by atoms with Gasteiger partial charge in [-0.05, 0) is 25.4 Å². The Labute approximate surface area is 129 Å². The summed E-state index contributed by atoms with van der Waals surface area (Å²) in [5.41, 5.74) is 4.33. The number of Topliss-reactive ketones (excluding diaryl/α,β-unsaturated/α-hetero) is 2. The van der Waals surface area contributed by atoms with Crippen LogP contribution in [0.3, 0.4) is 0 Å². The number of nitrogens with two attached hydrogens (primary N) is 1. The molecule has 3 rings (SSSR count). The SMILES string of the molecule is [2H]c1cc2nc(C([2H])([2H])[2H])n(C3CC([2H])C(=O)CC3=O)c(=O)c2c(N)c1[2H]. The Morgan fingerprint density at radius 3 is 3.10 bits per heavy atom. The topological polar surface area (TPSA) is 95.0 Å². The lowest BCUT2D eigenvalue weighted by molar-refractivity contribution is -0.132. The lowest BCUT2D eigenvalue weighted by Crippen LogP contribution is -2.36. The van der Waals surface area contributed by atoms with Gasteiger partial charge in [0.25, 0.3) is 5.56 Å². The molecule has 2 atom stereocenters. The molecule has 1 aliphatic rings. The van der Waals surface area contributed by atoms with E-state index in [1.807, 2.05) is 0 Å². The third-order valence-corrected chi connectivity index (χ3v) is 3.43. The molecule has 2 unspecified atom stereocenters. The maximum absolute atomic E-state index is 13.1. The molecule has 0 bridgehead atoms. The highest BCUT2D eigenvalue weighted by Gasteiger charge is 2.30. The highest BCUT2D eigenvalue weighted by Crippen LogP contribution is 2.24. The van der Waals surface area contributed by atoms with E-state index in [0.29, 0.717) is 4.57 Å². The second kappa shape index (κ2) is 4.80. The van der Waals surface area contributed by atoms with Gasteiger partial charge < -0.3 is 5.73 Å². The summed E-state index contributed by atoms with van der Waals surface area (Å²) in [5.74, 6) is -1.96. The maximum atomic E-state index is 13.1. The third-order valence-electron chi connectivity index (χ3n) is 3.43. The fourth-order valence-corrected chi connectivity index (χ4v) is 2.43. The second-order valence-corrected chi connectivity index (χ2v) is 4.76. The van der Waals surface area contributed by atoms with E-state index >= 15 is 0 Å². The van der Waals surface area contributed by atoms with Crippen molar-refractivity contribution in [2.75, 3.05) is 5.73 Å². The smallest absolute Gasteiger partial charge is 0.264 e. The van der Waals surface area contributed by atoms with Gasteiger partial charge in [0.05, 0.1) is 26.1 Å². The molecule has 1 fully saturated rings. The average Bonchev–Trinajstić information content (AvgIpc) is 2.55. The summed E-state index contributed by atoms with van der Waals surface area (Å²) >= 11 is 0. The van der Waals surface area contributed by atoms with E-state index in [4.69, 9.17) is 14.0 Å². The van der Waals surface area contributed by atoms with Gasteiger partial charge in [-0.1, -0.05) is 6.04 Å². The largest absolute Gasteiger partial charge is 0.398 e. The van der Waals surface area contributed by atoms with Gasteiger partial charge in [-0.3, -0.25) is 19.0 Å². The number of hydrogen-bond acceptors (Lipinski definition) is 5. The second-order valence-electron chi connectivity index (χ2n) is 4.76. The number of hydrogen-bond donors (Lipinski definition) is 1. The molecule has 2 N–H and O–H groups in total. The first-order valence-corrected chi connectivity index (χ1v) is 6.23. The molecule has 0 aliphatic heterocycles. The zero-order chi connectivity index (χ0) is 20.3. The predicted molar refractivity (Wildman–Crippen MR) is 78.1 cm³/mol. The van der Waals surface area contributed by atoms with Gasteiger partial charge in [-0.2, -0.15) is 0 Å². The molecule has 6 heteroatoms. The number of benzene rings is 1. The van der Waals surface area contributed by atoms with Crippen molar-refractivity contribution in [3.05, 3.63) is 34.3 Å². The lowest BCUT2D eigenvalue weighted by atomic mass is 9.92. The first-order valence-electron chi connectivity index (χ1n) is 9.31. The van der Waals surface area contributed by atoms with E-state index in [1.54, 1.807) is 0 Å². The van der Waals surface area contributed by atoms with Crippen LogP contribution >= 0.6 is 0 Å². The van der Waals surface area contributed by atoms with Crippen LogP contribution in [-0.4, -0.2) is 21.1 Å². The zero-order valence-electron chi connectivity index (χ0n) is 16.8. The van der Waals surface area contributed by atoms with Crippen LogP contribution in [0.5, 0.6) is 0 Å². The quantitative estimate of drug-likeness (QED) is 0.628. The van der Waals surface area contributed by atoms with Gasteiger partial charge in [0.1, 0.15) is 11.6 Å². The average molecular weight is 291 g/mol. The van der Waals surface area contributed by atoms with Crippen LogP contribution in [0.25, 0.3) is 10.9 Å². The summed E-state index contributed by atoms with van der Waals surface area (Å²) in [4.78, 5) is 41.0. The molecule has 108 valence electrons. The molecule has 1 aliphatic carbocycles. The molecule has 0 spiro atoms. The molecule has 1 aromatic heterocycles. The fraction of sp³-hybridized carbons (Fsp3) is 0.333. The Kier molecular flexibility index (Phi) is 1.84. The first kappa shape index (κ1) is 8.07. The van der Waals surface area contributed by atoms with Crippen LogP contribution in [0.1, 0.15) is 39.3 Å². The highest BCUT2D eigenvalue weighted by molar-refractivity contribution is 6.03. The molecule has 0 saturated heterocycles. The number of carbonyl (C=O) groups excluding carboxylic acids is 2. The van der Waals surface area contributed by atoms with E-state index in [0.717, 1.165) is 6.07 Å². The third kappa shape index (κ3) is 2.12. The normalized spacial score (nSPS) is 27.4. The number of nitrogens with zero attached hydrogens (tertiary/aromatic N) is 2. The summed E-state index contributed by atoms with van der Waals surface area (Å²) in [7, 11) is 0. The molecule has 0 radical (unpaired) electrons. The minimum absolute atomic E-state index is 0.164. The van der Waals surface area contributed by atoms with Crippen molar-refractivity contribution in [2.24, 2.45) is 0 Å². The molecule has 6 nitrogen and oxygen atoms in total. The number of aromatic nitrogens is 2. The standard InChI is InChI=1S/C15H15N3O3/c1-8-17-11-4-2-3-10(16)14(11)15(21)18(8)12-6-5-9(19)7-13(12)20/h2-4,12H,5-7,16H2,1H3/i1D3,2D,3D,5D. The minimum atomic E-state index is -2.87. The Bertz CT molecular complexity index is 1050. The maximum Gasteiger partial charge on any atom is 0.264 e. The van der Waals surface area contributed by atoms with Crippen molar-refractivity contribution < 1.29 is 17.8 Å². The molecule has 21 heavy (non-hydrogen) atoms. The van der Waals surface area contributed by atoms with Gasteiger partial charge in [0.15, 0.2) is 5.78 Å².